The number of rotatable bonds is 3. The van der Waals surface area contributed by atoms with E-state index in [1.165, 1.54) is 21.9 Å². The summed E-state index contributed by atoms with van der Waals surface area (Å²) >= 11 is 0. The number of carbonyl (C=O) groups excluding carboxylic acids is 2. The number of halogens is 1. The molecule has 1 saturated heterocycles. The average molecular weight is 382 g/mol. The topological polar surface area (TPSA) is 77.9 Å². The summed E-state index contributed by atoms with van der Waals surface area (Å²) in [5, 5.41) is 9.62. The van der Waals surface area contributed by atoms with Crippen LogP contribution in [-0.4, -0.2) is 40.4 Å². The van der Waals surface area contributed by atoms with E-state index in [4.69, 9.17) is 0 Å². The van der Waals surface area contributed by atoms with Gasteiger partial charge < -0.3 is 14.9 Å². The summed E-state index contributed by atoms with van der Waals surface area (Å²) in [5.41, 5.74) is 1.95. The summed E-state index contributed by atoms with van der Waals surface area (Å²) < 4.78 is 14.5. The molecule has 2 aliphatic heterocycles. The number of fused-ring (bicyclic) bond motifs is 1. The quantitative estimate of drug-likeness (QED) is 0.885. The summed E-state index contributed by atoms with van der Waals surface area (Å²) in [6.45, 7) is 0.616. The molecule has 2 aliphatic rings. The second kappa shape index (κ2) is 7.07. The highest BCUT2D eigenvalue weighted by Gasteiger charge is 2.36. The molecular weight excluding hydrogens is 363 g/mol. The van der Waals surface area contributed by atoms with Crippen molar-refractivity contribution >= 4 is 23.5 Å². The molecule has 0 radical (unpaired) electrons. The number of carboxylic acids is 1. The van der Waals surface area contributed by atoms with Crippen LogP contribution in [0.4, 0.5) is 10.1 Å². The summed E-state index contributed by atoms with van der Waals surface area (Å²) in [4.78, 5) is 39.6. The molecular formula is C21H19FN2O4. The smallest absolute Gasteiger partial charge is 0.326 e. The molecule has 1 fully saturated rings. The molecule has 0 saturated carbocycles. The maximum Gasteiger partial charge on any atom is 0.326 e. The van der Waals surface area contributed by atoms with Gasteiger partial charge in [0.25, 0.3) is 5.91 Å². The predicted octanol–water partition coefficient (Wildman–Crippen LogP) is 2.60. The van der Waals surface area contributed by atoms with Gasteiger partial charge in [-0.3, -0.25) is 9.59 Å². The molecule has 2 aromatic rings. The third-order valence-corrected chi connectivity index (χ3v) is 5.36. The molecule has 7 heteroatoms. The van der Waals surface area contributed by atoms with Gasteiger partial charge in [-0.2, -0.15) is 0 Å². The Balaban J connectivity index is 1.70. The SMILES string of the molecule is O=C(O)[C@H]1Cc2ccccc2CN1C(=O)c1cc(N2CCCC2=O)ccc1F. The molecule has 2 aromatic carbocycles. The van der Waals surface area contributed by atoms with E-state index in [9.17, 15) is 23.9 Å². The molecule has 0 bridgehead atoms. The number of benzene rings is 2. The largest absolute Gasteiger partial charge is 0.480 e. The molecule has 144 valence electrons. The molecule has 28 heavy (non-hydrogen) atoms. The van der Waals surface area contributed by atoms with Gasteiger partial charge >= 0.3 is 5.97 Å². The van der Waals surface area contributed by atoms with E-state index in [2.05, 4.69) is 0 Å². The van der Waals surface area contributed by atoms with Gasteiger partial charge in [-0.15, -0.1) is 0 Å². The monoisotopic (exact) mass is 382 g/mol. The van der Waals surface area contributed by atoms with Crippen LogP contribution in [0.5, 0.6) is 0 Å². The van der Waals surface area contributed by atoms with Crippen molar-refractivity contribution in [3.8, 4) is 0 Å². The van der Waals surface area contributed by atoms with Crippen LogP contribution in [0.25, 0.3) is 0 Å². The van der Waals surface area contributed by atoms with Crippen molar-refractivity contribution in [2.24, 2.45) is 0 Å². The van der Waals surface area contributed by atoms with Crippen molar-refractivity contribution in [3.63, 3.8) is 0 Å². The fraction of sp³-hybridized carbons (Fsp3) is 0.286. The molecule has 6 nitrogen and oxygen atoms in total. The Bertz CT molecular complexity index is 975. The first kappa shape index (κ1) is 18.2. The predicted molar refractivity (Wildman–Crippen MR) is 99.4 cm³/mol. The van der Waals surface area contributed by atoms with Crippen molar-refractivity contribution in [2.75, 3.05) is 11.4 Å². The van der Waals surface area contributed by atoms with Gasteiger partial charge in [-0.1, -0.05) is 24.3 Å². The van der Waals surface area contributed by atoms with E-state index in [-0.39, 0.29) is 24.4 Å². The highest BCUT2D eigenvalue weighted by atomic mass is 19.1. The lowest BCUT2D eigenvalue weighted by atomic mass is 9.93. The van der Waals surface area contributed by atoms with Crippen molar-refractivity contribution in [3.05, 3.63) is 65.0 Å². The van der Waals surface area contributed by atoms with E-state index >= 15 is 0 Å². The van der Waals surface area contributed by atoms with E-state index in [1.54, 1.807) is 0 Å². The lowest BCUT2D eigenvalue weighted by Crippen LogP contribution is -2.48. The van der Waals surface area contributed by atoms with Gasteiger partial charge in [-0.05, 0) is 35.7 Å². The molecule has 0 aliphatic carbocycles. The van der Waals surface area contributed by atoms with Gasteiger partial charge in [0.2, 0.25) is 5.91 Å². The second-order valence-corrected chi connectivity index (χ2v) is 7.07. The Kier molecular flexibility index (Phi) is 4.58. The molecule has 4 rings (SSSR count). The van der Waals surface area contributed by atoms with Gasteiger partial charge in [-0.25, -0.2) is 9.18 Å². The Labute approximate surface area is 161 Å². The average Bonchev–Trinajstić information content (AvgIpc) is 3.12. The van der Waals surface area contributed by atoms with Crippen LogP contribution >= 0.6 is 0 Å². The third kappa shape index (κ3) is 3.13. The van der Waals surface area contributed by atoms with E-state index < -0.39 is 23.7 Å². The number of amides is 2. The van der Waals surface area contributed by atoms with Gasteiger partial charge in [0.1, 0.15) is 11.9 Å². The first-order valence-electron chi connectivity index (χ1n) is 9.16. The zero-order chi connectivity index (χ0) is 19.8. The number of anilines is 1. The van der Waals surface area contributed by atoms with Crippen LogP contribution in [0.15, 0.2) is 42.5 Å². The van der Waals surface area contributed by atoms with Crippen LogP contribution in [0.3, 0.4) is 0 Å². The molecule has 1 N–H and O–H groups in total. The first-order valence-corrected chi connectivity index (χ1v) is 9.16. The first-order chi connectivity index (χ1) is 13.5. The van der Waals surface area contributed by atoms with Crippen molar-refractivity contribution in [2.45, 2.75) is 31.8 Å². The summed E-state index contributed by atoms with van der Waals surface area (Å²) in [5.74, 6) is -2.62. The zero-order valence-electron chi connectivity index (χ0n) is 15.1. The molecule has 2 amide bonds. The second-order valence-electron chi connectivity index (χ2n) is 7.07. The van der Waals surface area contributed by atoms with Crippen molar-refractivity contribution in [1.82, 2.24) is 4.90 Å². The number of aliphatic carboxylic acids is 1. The van der Waals surface area contributed by atoms with Crippen LogP contribution in [-0.2, 0) is 22.6 Å². The van der Waals surface area contributed by atoms with Crippen molar-refractivity contribution < 1.29 is 23.9 Å². The van der Waals surface area contributed by atoms with E-state index in [0.717, 1.165) is 17.2 Å². The fourth-order valence-electron chi connectivity index (χ4n) is 3.88. The molecule has 2 heterocycles. The van der Waals surface area contributed by atoms with Crippen LogP contribution in [0, 0.1) is 5.82 Å². The Morgan fingerprint density at radius 3 is 2.54 bits per heavy atom. The lowest BCUT2D eigenvalue weighted by Gasteiger charge is -2.34. The van der Waals surface area contributed by atoms with Gasteiger partial charge in [0.05, 0.1) is 5.56 Å². The highest BCUT2D eigenvalue weighted by Crippen LogP contribution is 2.28. The minimum atomic E-state index is -1.13. The lowest BCUT2D eigenvalue weighted by molar-refractivity contribution is -0.142. The third-order valence-electron chi connectivity index (χ3n) is 5.36. The van der Waals surface area contributed by atoms with Crippen LogP contribution in [0.2, 0.25) is 0 Å². The maximum absolute atomic E-state index is 14.5. The molecule has 0 unspecified atom stereocenters. The van der Waals surface area contributed by atoms with Crippen LogP contribution < -0.4 is 4.90 Å². The highest BCUT2D eigenvalue weighted by molar-refractivity contribution is 6.00. The summed E-state index contributed by atoms with van der Waals surface area (Å²) in [6.07, 6.45) is 1.30. The fourth-order valence-corrected chi connectivity index (χ4v) is 3.88. The number of nitrogens with zero attached hydrogens (tertiary/aromatic N) is 2. The number of hydrogen-bond donors (Lipinski definition) is 1. The number of carbonyl (C=O) groups is 3. The Hall–Kier alpha value is -3.22. The number of carboxylic acid groups (broad SMARTS) is 1. The molecule has 1 atom stereocenters. The minimum absolute atomic E-state index is 0.0691. The molecule has 0 spiro atoms. The van der Waals surface area contributed by atoms with Crippen molar-refractivity contribution in [1.29, 1.82) is 0 Å². The normalized spacial score (nSPS) is 18.9. The van der Waals surface area contributed by atoms with E-state index in [0.29, 0.717) is 25.1 Å². The number of hydrogen-bond acceptors (Lipinski definition) is 3. The standard InChI is InChI=1S/C21H19FN2O4/c22-17-8-7-15(23-9-3-6-19(23)25)11-16(17)20(26)24-12-14-5-2-1-4-13(14)10-18(24)21(27)28/h1-2,4-5,7-8,11,18H,3,6,9-10,12H2,(H,27,28)/t18-/m1/s1. The summed E-state index contributed by atoms with van der Waals surface area (Å²) in [7, 11) is 0. The maximum atomic E-state index is 14.5. The van der Waals surface area contributed by atoms with Gasteiger partial charge in [0.15, 0.2) is 0 Å². The van der Waals surface area contributed by atoms with Crippen LogP contribution in [0.1, 0.15) is 34.3 Å². The zero-order valence-corrected chi connectivity index (χ0v) is 15.1. The Morgan fingerprint density at radius 2 is 1.86 bits per heavy atom. The summed E-state index contributed by atoms with van der Waals surface area (Å²) in [6, 6.07) is 10.2. The minimum Gasteiger partial charge on any atom is -0.480 e. The molecule has 0 aromatic heterocycles. The Morgan fingerprint density at radius 1 is 1.11 bits per heavy atom. The van der Waals surface area contributed by atoms with Gasteiger partial charge in [0, 0.05) is 31.6 Å². The van der Waals surface area contributed by atoms with E-state index in [1.807, 2.05) is 24.3 Å².